The Balaban J connectivity index is 2.48. The smallest absolute Gasteiger partial charge is 0.113 e. The number of fused-ring (bicyclic) bond motifs is 1. The Kier molecular flexibility index (Phi) is 2.54. The molecule has 78 valence electrons. The van der Waals surface area contributed by atoms with E-state index < -0.39 is 0 Å². The van der Waals surface area contributed by atoms with Gasteiger partial charge in [-0.05, 0) is 25.5 Å². The number of allylic oxidation sites excluding steroid dienone is 1. The molecule has 0 saturated carbocycles. The van der Waals surface area contributed by atoms with Crippen LogP contribution in [0.25, 0.3) is 11.0 Å². The van der Waals surface area contributed by atoms with E-state index in [9.17, 15) is 0 Å². The van der Waals surface area contributed by atoms with Gasteiger partial charge in [-0.15, -0.1) is 5.10 Å². The van der Waals surface area contributed by atoms with Crippen molar-refractivity contribution < 1.29 is 0 Å². The number of benzene rings is 1. The van der Waals surface area contributed by atoms with Crippen molar-refractivity contribution >= 4 is 11.0 Å². The summed E-state index contributed by atoms with van der Waals surface area (Å²) in [6.07, 6.45) is 0.968. The molecule has 1 unspecified atom stereocenters. The van der Waals surface area contributed by atoms with Gasteiger partial charge in [-0.1, -0.05) is 36.4 Å². The lowest BCUT2D eigenvalue weighted by atomic mass is 10.1. The van der Waals surface area contributed by atoms with Crippen molar-refractivity contribution in [3.63, 3.8) is 0 Å². The molecule has 1 aromatic carbocycles. The Morgan fingerprint density at radius 3 is 2.93 bits per heavy atom. The third-order valence-corrected chi connectivity index (χ3v) is 2.79. The first-order valence-corrected chi connectivity index (χ1v) is 5.21. The second kappa shape index (κ2) is 3.85. The summed E-state index contributed by atoms with van der Waals surface area (Å²) in [5.41, 5.74) is 3.18. The molecule has 0 bridgehead atoms. The molecule has 0 spiro atoms. The quantitative estimate of drug-likeness (QED) is 0.715. The summed E-state index contributed by atoms with van der Waals surface area (Å²) in [4.78, 5) is 0. The molecule has 0 amide bonds. The fourth-order valence-corrected chi connectivity index (χ4v) is 1.64. The number of hydrogen-bond acceptors (Lipinski definition) is 2. The highest BCUT2D eigenvalue weighted by atomic mass is 15.4. The summed E-state index contributed by atoms with van der Waals surface area (Å²) in [5, 5.41) is 8.30. The van der Waals surface area contributed by atoms with Crippen molar-refractivity contribution in [2.24, 2.45) is 0 Å². The van der Waals surface area contributed by atoms with E-state index in [1.807, 2.05) is 28.9 Å². The van der Waals surface area contributed by atoms with Crippen LogP contribution in [0.4, 0.5) is 0 Å². The molecule has 0 aliphatic heterocycles. The van der Waals surface area contributed by atoms with Crippen LogP contribution < -0.4 is 0 Å². The van der Waals surface area contributed by atoms with Gasteiger partial charge in [0.1, 0.15) is 5.52 Å². The van der Waals surface area contributed by atoms with E-state index in [1.165, 1.54) is 5.57 Å². The van der Waals surface area contributed by atoms with Crippen LogP contribution in [0.5, 0.6) is 0 Å². The average Bonchev–Trinajstić information content (AvgIpc) is 2.70. The minimum atomic E-state index is 0.211. The summed E-state index contributed by atoms with van der Waals surface area (Å²) in [5.74, 6) is 0. The lowest BCUT2D eigenvalue weighted by molar-refractivity contribution is 0.541. The number of nitrogens with zero attached hydrogens (tertiary/aromatic N) is 3. The predicted molar refractivity (Wildman–Crippen MR) is 61.7 cm³/mol. The monoisotopic (exact) mass is 201 g/mol. The molecule has 0 radical (unpaired) electrons. The predicted octanol–water partition coefficient (Wildman–Crippen LogP) is 2.96. The van der Waals surface area contributed by atoms with Gasteiger partial charge in [-0.3, -0.25) is 0 Å². The van der Waals surface area contributed by atoms with Gasteiger partial charge in [0, 0.05) is 0 Å². The maximum absolute atomic E-state index is 4.17. The van der Waals surface area contributed by atoms with Gasteiger partial charge in [0.15, 0.2) is 0 Å². The zero-order valence-corrected chi connectivity index (χ0v) is 9.14. The molecule has 0 aliphatic carbocycles. The third-order valence-electron chi connectivity index (χ3n) is 2.79. The summed E-state index contributed by atoms with van der Waals surface area (Å²) >= 11 is 0. The van der Waals surface area contributed by atoms with Gasteiger partial charge in [0.25, 0.3) is 0 Å². The molecule has 0 aliphatic rings. The van der Waals surface area contributed by atoms with Crippen molar-refractivity contribution in [3.05, 3.63) is 36.4 Å². The Morgan fingerprint density at radius 1 is 1.47 bits per heavy atom. The van der Waals surface area contributed by atoms with Crippen molar-refractivity contribution in [3.8, 4) is 0 Å². The number of para-hydroxylation sites is 1. The summed E-state index contributed by atoms with van der Waals surface area (Å²) in [6.45, 7) is 8.26. The molecule has 0 N–H and O–H groups in total. The Morgan fingerprint density at radius 2 is 2.20 bits per heavy atom. The second-order valence-electron chi connectivity index (χ2n) is 3.71. The Bertz CT molecular complexity index is 484. The highest BCUT2D eigenvalue weighted by molar-refractivity contribution is 5.74. The zero-order chi connectivity index (χ0) is 10.8. The number of rotatable bonds is 3. The van der Waals surface area contributed by atoms with Crippen LogP contribution in [-0.2, 0) is 0 Å². The Labute approximate surface area is 89.4 Å². The van der Waals surface area contributed by atoms with Crippen molar-refractivity contribution in [1.82, 2.24) is 15.0 Å². The second-order valence-corrected chi connectivity index (χ2v) is 3.71. The normalized spacial score (nSPS) is 12.9. The molecule has 1 heterocycles. The molecule has 2 rings (SSSR count). The van der Waals surface area contributed by atoms with E-state index in [-0.39, 0.29) is 6.04 Å². The van der Waals surface area contributed by atoms with Gasteiger partial charge in [-0.2, -0.15) is 0 Å². The van der Waals surface area contributed by atoms with Crippen LogP contribution in [0.1, 0.15) is 26.3 Å². The van der Waals surface area contributed by atoms with E-state index in [2.05, 4.69) is 30.7 Å². The molecule has 2 aromatic rings. The molecule has 0 fully saturated rings. The lowest BCUT2D eigenvalue weighted by Crippen LogP contribution is -2.08. The first kappa shape index (κ1) is 9.90. The van der Waals surface area contributed by atoms with Crippen LogP contribution in [0.2, 0.25) is 0 Å². The van der Waals surface area contributed by atoms with E-state index in [0.29, 0.717) is 0 Å². The summed E-state index contributed by atoms with van der Waals surface area (Å²) in [6, 6.07) is 8.20. The minimum absolute atomic E-state index is 0.211. The number of aromatic nitrogens is 3. The largest absolute Gasteiger partial charge is 0.238 e. The van der Waals surface area contributed by atoms with Crippen molar-refractivity contribution in [1.29, 1.82) is 0 Å². The van der Waals surface area contributed by atoms with E-state index in [0.717, 1.165) is 17.5 Å². The Hall–Kier alpha value is -1.64. The van der Waals surface area contributed by atoms with E-state index in [1.54, 1.807) is 0 Å². The van der Waals surface area contributed by atoms with Crippen LogP contribution >= 0.6 is 0 Å². The van der Waals surface area contributed by atoms with Crippen LogP contribution in [0.3, 0.4) is 0 Å². The molecular weight excluding hydrogens is 186 g/mol. The molecule has 0 saturated heterocycles. The summed E-state index contributed by atoms with van der Waals surface area (Å²) in [7, 11) is 0. The maximum Gasteiger partial charge on any atom is 0.113 e. The topological polar surface area (TPSA) is 30.7 Å². The van der Waals surface area contributed by atoms with Crippen LogP contribution in [0, 0.1) is 0 Å². The lowest BCUT2D eigenvalue weighted by Gasteiger charge is -2.13. The zero-order valence-electron chi connectivity index (χ0n) is 9.14. The van der Waals surface area contributed by atoms with Gasteiger partial charge in [0.2, 0.25) is 0 Å². The minimum Gasteiger partial charge on any atom is -0.238 e. The van der Waals surface area contributed by atoms with Gasteiger partial charge in [-0.25, -0.2) is 4.68 Å². The molecule has 1 aromatic heterocycles. The van der Waals surface area contributed by atoms with Crippen molar-refractivity contribution in [2.45, 2.75) is 26.3 Å². The molecule has 3 heteroatoms. The maximum atomic E-state index is 4.17. The first-order chi connectivity index (χ1) is 7.24. The highest BCUT2D eigenvalue weighted by Crippen LogP contribution is 2.21. The fraction of sp³-hybridized carbons (Fsp3) is 0.333. The summed E-state index contributed by atoms with van der Waals surface area (Å²) < 4.78 is 1.93. The average molecular weight is 201 g/mol. The van der Waals surface area contributed by atoms with Crippen LogP contribution in [-0.4, -0.2) is 15.0 Å². The van der Waals surface area contributed by atoms with Gasteiger partial charge in [0.05, 0.1) is 11.6 Å². The fourth-order valence-electron chi connectivity index (χ4n) is 1.64. The van der Waals surface area contributed by atoms with Crippen molar-refractivity contribution in [2.75, 3.05) is 0 Å². The van der Waals surface area contributed by atoms with Gasteiger partial charge >= 0.3 is 0 Å². The van der Waals surface area contributed by atoms with Gasteiger partial charge < -0.3 is 0 Å². The SMILES string of the molecule is C=C(CC)C(C)n1nnc2ccccc21. The van der Waals surface area contributed by atoms with E-state index >= 15 is 0 Å². The number of hydrogen-bond donors (Lipinski definition) is 0. The molecular formula is C12H15N3. The first-order valence-electron chi connectivity index (χ1n) is 5.21. The van der Waals surface area contributed by atoms with Crippen LogP contribution in [0.15, 0.2) is 36.4 Å². The third kappa shape index (κ3) is 1.65. The molecule has 15 heavy (non-hydrogen) atoms. The van der Waals surface area contributed by atoms with E-state index in [4.69, 9.17) is 0 Å². The highest BCUT2D eigenvalue weighted by Gasteiger charge is 2.11. The molecule has 1 atom stereocenters. The molecule has 3 nitrogen and oxygen atoms in total. The standard InChI is InChI=1S/C12H15N3/c1-4-9(2)10(3)15-12-8-6-5-7-11(12)13-14-15/h5-8,10H,2,4H2,1,3H3.